The zero-order valence-electron chi connectivity index (χ0n) is 12.5. The van der Waals surface area contributed by atoms with Gasteiger partial charge in [-0.1, -0.05) is 12.8 Å². The summed E-state index contributed by atoms with van der Waals surface area (Å²) >= 11 is 0. The van der Waals surface area contributed by atoms with Crippen molar-refractivity contribution >= 4 is 11.9 Å². The van der Waals surface area contributed by atoms with Gasteiger partial charge in [0.15, 0.2) is 0 Å². The Morgan fingerprint density at radius 3 is 2.55 bits per heavy atom. The normalized spacial score (nSPS) is 30.1. The number of nitrogens with zero attached hydrogens (tertiary/aromatic N) is 1. The second kappa shape index (κ2) is 6.12. The number of amides is 1. The van der Waals surface area contributed by atoms with Gasteiger partial charge in [-0.2, -0.15) is 0 Å². The lowest BCUT2D eigenvalue weighted by Crippen LogP contribution is -2.54. The van der Waals surface area contributed by atoms with Crippen molar-refractivity contribution in [1.29, 1.82) is 0 Å². The van der Waals surface area contributed by atoms with Crippen molar-refractivity contribution in [3.8, 4) is 0 Å². The number of aliphatic carboxylic acids is 1. The van der Waals surface area contributed by atoms with Gasteiger partial charge in [0.2, 0.25) is 5.91 Å². The van der Waals surface area contributed by atoms with E-state index in [1.165, 1.54) is 12.8 Å². The molecule has 0 aromatic carbocycles. The van der Waals surface area contributed by atoms with Crippen molar-refractivity contribution in [3.05, 3.63) is 0 Å². The quantitative estimate of drug-likeness (QED) is 0.822. The third-order valence-corrected chi connectivity index (χ3v) is 4.87. The van der Waals surface area contributed by atoms with Gasteiger partial charge in [0, 0.05) is 12.6 Å². The number of nitrogens with one attached hydrogen (secondary N) is 1. The molecule has 1 amide bonds. The molecule has 2 rings (SSSR count). The van der Waals surface area contributed by atoms with E-state index in [0.29, 0.717) is 19.0 Å². The standard InChI is InChI=1S/C15H26N2O3/c1-11(13(18)16-12-6-3-4-7-12)17-9-5-8-15(2,10-17)14(19)20/h11-12H,3-10H2,1-2H3,(H,16,18)(H,19,20). The summed E-state index contributed by atoms with van der Waals surface area (Å²) < 4.78 is 0. The molecule has 2 atom stereocenters. The van der Waals surface area contributed by atoms with E-state index in [4.69, 9.17) is 0 Å². The molecule has 0 spiro atoms. The molecule has 114 valence electrons. The van der Waals surface area contributed by atoms with E-state index >= 15 is 0 Å². The highest BCUT2D eigenvalue weighted by atomic mass is 16.4. The lowest BCUT2D eigenvalue weighted by molar-refractivity contribution is -0.152. The molecule has 5 nitrogen and oxygen atoms in total. The van der Waals surface area contributed by atoms with Gasteiger partial charge >= 0.3 is 5.97 Å². The first kappa shape index (κ1) is 15.3. The number of carboxylic acid groups (broad SMARTS) is 1. The van der Waals surface area contributed by atoms with E-state index in [-0.39, 0.29) is 11.9 Å². The molecule has 2 unspecified atom stereocenters. The zero-order valence-corrected chi connectivity index (χ0v) is 12.5. The molecule has 0 aromatic heterocycles. The smallest absolute Gasteiger partial charge is 0.310 e. The highest BCUT2D eigenvalue weighted by Gasteiger charge is 2.40. The van der Waals surface area contributed by atoms with Crippen LogP contribution in [-0.4, -0.2) is 47.1 Å². The lowest BCUT2D eigenvalue weighted by Gasteiger charge is -2.40. The van der Waals surface area contributed by atoms with Crippen molar-refractivity contribution in [1.82, 2.24) is 10.2 Å². The van der Waals surface area contributed by atoms with Gasteiger partial charge in [-0.05, 0) is 46.1 Å². The Hall–Kier alpha value is -1.10. The Morgan fingerprint density at radius 1 is 1.30 bits per heavy atom. The minimum absolute atomic E-state index is 0.0477. The highest BCUT2D eigenvalue weighted by molar-refractivity contribution is 5.82. The average Bonchev–Trinajstić information content (AvgIpc) is 2.90. The molecule has 5 heteroatoms. The van der Waals surface area contributed by atoms with Crippen LogP contribution < -0.4 is 5.32 Å². The average molecular weight is 282 g/mol. The van der Waals surface area contributed by atoms with Crippen LogP contribution in [0.2, 0.25) is 0 Å². The number of rotatable bonds is 4. The molecular formula is C15H26N2O3. The minimum Gasteiger partial charge on any atom is -0.481 e. The van der Waals surface area contributed by atoms with Gasteiger partial charge in [-0.3, -0.25) is 14.5 Å². The topological polar surface area (TPSA) is 69.6 Å². The monoisotopic (exact) mass is 282 g/mol. The minimum atomic E-state index is -0.759. The molecule has 0 radical (unpaired) electrons. The fourth-order valence-electron chi connectivity index (χ4n) is 3.34. The fraction of sp³-hybridized carbons (Fsp3) is 0.867. The van der Waals surface area contributed by atoms with E-state index in [9.17, 15) is 14.7 Å². The molecule has 1 saturated heterocycles. The molecule has 0 aromatic rings. The number of carbonyl (C=O) groups is 2. The molecule has 2 fully saturated rings. The van der Waals surface area contributed by atoms with Crippen molar-refractivity contribution in [3.63, 3.8) is 0 Å². The number of piperidine rings is 1. The third-order valence-electron chi connectivity index (χ3n) is 4.87. The summed E-state index contributed by atoms with van der Waals surface area (Å²) in [5.41, 5.74) is -0.722. The van der Waals surface area contributed by atoms with Gasteiger partial charge in [0.05, 0.1) is 11.5 Å². The van der Waals surface area contributed by atoms with Crippen LogP contribution in [0.5, 0.6) is 0 Å². The molecule has 2 N–H and O–H groups in total. The summed E-state index contributed by atoms with van der Waals surface area (Å²) in [7, 11) is 0. The van der Waals surface area contributed by atoms with Crippen LogP contribution in [0.4, 0.5) is 0 Å². The Labute approximate surface area is 120 Å². The number of hydrogen-bond donors (Lipinski definition) is 2. The Bertz CT molecular complexity index is 379. The summed E-state index contributed by atoms with van der Waals surface area (Å²) in [5, 5.41) is 12.4. The molecule has 1 aliphatic heterocycles. The third kappa shape index (κ3) is 3.32. The number of likely N-dealkylation sites (tertiary alicyclic amines) is 1. The van der Waals surface area contributed by atoms with E-state index in [0.717, 1.165) is 25.8 Å². The van der Waals surface area contributed by atoms with Crippen LogP contribution in [0, 0.1) is 5.41 Å². The van der Waals surface area contributed by atoms with Crippen LogP contribution in [0.25, 0.3) is 0 Å². The SMILES string of the molecule is CC(C(=O)NC1CCCC1)N1CCCC(C)(C(=O)O)C1. The Balaban J connectivity index is 1.92. The van der Waals surface area contributed by atoms with E-state index in [1.54, 1.807) is 6.92 Å². The number of carboxylic acids is 1. The summed E-state index contributed by atoms with van der Waals surface area (Å²) in [6, 6.07) is 0.0789. The van der Waals surface area contributed by atoms with E-state index < -0.39 is 11.4 Å². The summed E-state index contributed by atoms with van der Waals surface area (Å²) in [6.45, 7) is 4.94. The van der Waals surface area contributed by atoms with Gasteiger partial charge in [0.1, 0.15) is 0 Å². The van der Waals surface area contributed by atoms with Crippen LogP contribution in [-0.2, 0) is 9.59 Å². The maximum atomic E-state index is 12.3. The van der Waals surface area contributed by atoms with Crippen molar-refractivity contribution < 1.29 is 14.7 Å². The van der Waals surface area contributed by atoms with E-state index in [2.05, 4.69) is 5.32 Å². The van der Waals surface area contributed by atoms with Crippen LogP contribution >= 0.6 is 0 Å². The van der Waals surface area contributed by atoms with Gasteiger partial charge in [-0.25, -0.2) is 0 Å². The summed E-state index contributed by atoms with van der Waals surface area (Å²) in [5.74, 6) is -0.711. The first-order chi connectivity index (χ1) is 9.42. The Kier molecular flexibility index (Phi) is 4.68. The second-order valence-electron chi connectivity index (χ2n) is 6.61. The zero-order chi connectivity index (χ0) is 14.8. The first-order valence-corrected chi connectivity index (χ1v) is 7.70. The lowest BCUT2D eigenvalue weighted by atomic mass is 9.81. The van der Waals surface area contributed by atoms with E-state index in [1.807, 2.05) is 11.8 Å². The van der Waals surface area contributed by atoms with Crippen LogP contribution in [0.15, 0.2) is 0 Å². The highest BCUT2D eigenvalue weighted by Crippen LogP contribution is 2.30. The number of hydrogen-bond acceptors (Lipinski definition) is 3. The first-order valence-electron chi connectivity index (χ1n) is 7.70. The van der Waals surface area contributed by atoms with Crippen molar-refractivity contribution in [2.24, 2.45) is 5.41 Å². The molecule has 1 aliphatic carbocycles. The maximum Gasteiger partial charge on any atom is 0.310 e. The Morgan fingerprint density at radius 2 is 1.95 bits per heavy atom. The molecule has 1 heterocycles. The molecule has 0 bridgehead atoms. The maximum absolute atomic E-state index is 12.3. The van der Waals surface area contributed by atoms with Gasteiger partial charge < -0.3 is 10.4 Å². The van der Waals surface area contributed by atoms with Crippen LogP contribution in [0.1, 0.15) is 52.4 Å². The molecule has 20 heavy (non-hydrogen) atoms. The second-order valence-corrected chi connectivity index (χ2v) is 6.61. The summed E-state index contributed by atoms with van der Waals surface area (Å²) in [6.07, 6.45) is 6.07. The van der Waals surface area contributed by atoms with Gasteiger partial charge in [-0.15, -0.1) is 0 Å². The van der Waals surface area contributed by atoms with Gasteiger partial charge in [0.25, 0.3) is 0 Å². The van der Waals surface area contributed by atoms with Crippen molar-refractivity contribution in [2.75, 3.05) is 13.1 Å². The molecular weight excluding hydrogens is 256 g/mol. The largest absolute Gasteiger partial charge is 0.481 e. The molecule has 1 saturated carbocycles. The fourth-order valence-corrected chi connectivity index (χ4v) is 3.34. The predicted octanol–water partition coefficient (Wildman–Crippen LogP) is 1.62. The predicted molar refractivity (Wildman–Crippen MR) is 76.4 cm³/mol. The molecule has 2 aliphatic rings. The van der Waals surface area contributed by atoms with Crippen molar-refractivity contribution in [2.45, 2.75) is 64.5 Å². The van der Waals surface area contributed by atoms with Crippen LogP contribution in [0.3, 0.4) is 0 Å². The summed E-state index contributed by atoms with van der Waals surface area (Å²) in [4.78, 5) is 25.7. The number of carbonyl (C=O) groups excluding carboxylic acids is 1.